The first kappa shape index (κ1) is 9.90. The molecule has 0 unspecified atom stereocenters. The lowest BCUT2D eigenvalue weighted by Gasteiger charge is -2.06. The van der Waals surface area contributed by atoms with Crippen molar-refractivity contribution in [3.63, 3.8) is 0 Å². The van der Waals surface area contributed by atoms with E-state index in [0.29, 0.717) is 0 Å². The molecule has 0 spiro atoms. The highest BCUT2D eigenvalue weighted by Gasteiger charge is 2.05. The first-order valence-corrected chi connectivity index (χ1v) is 6.45. The molecule has 0 amide bonds. The van der Waals surface area contributed by atoms with Crippen LogP contribution in [0.3, 0.4) is 0 Å². The maximum Gasteiger partial charge on any atom is 0.253 e. The van der Waals surface area contributed by atoms with Crippen LogP contribution in [0.25, 0.3) is 11.0 Å². The Hall–Kier alpha value is -1.29. The number of aromatic nitrogens is 2. The van der Waals surface area contributed by atoms with Crippen LogP contribution in [0.4, 0.5) is 0 Å². The fraction of sp³-hybridized carbons (Fsp3) is 0.333. The van der Waals surface area contributed by atoms with Crippen molar-refractivity contribution in [1.29, 1.82) is 0 Å². The number of fused-ring (bicyclic) bond motifs is 1. The van der Waals surface area contributed by atoms with Crippen molar-refractivity contribution in [3.8, 4) is 0 Å². The summed E-state index contributed by atoms with van der Waals surface area (Å²) in [4.78, 5) is 16.7. The van der Waals surface area contributed by atoms with Gasteiger partial charge in [0.2, 0.25) is 0 Å². The molecule has 0 saturated carbocycles. The van der Waals surface area contributed by atoms with Gasteiger partial charge in [0.1, 0.15) is 5.65 Å². The Kier molecular flexibility index (Phi) is 3.53. The number of rotatable bonds is 1. The number of nitrogens with zero attached hydrogens (tertiary/aromatic N) is 2. The highest BCUT2D eigenvalue weighted by Crippen LogP contribution is 2.22. The molecule has 16 heavy (non-hydrogen) atoms. The van der Waals surface area contributed by atoms with E-state index in [9.17, 15) is 4.79 Å². The summed E-state index contributed by atoms with van der Waals surface area (Å²) < 4.78 is 21.6. The lowest BCUT2D eigenvalue weighted by molar-refractivity contribution is 0.880. The van der Waals surface area contributed by atoms with Gasteiger partial charge in [-0.2, -0.15) is 0 Å². The summed E-state index contributed by atoms with van der Waals surface area (Å²) in [6.07, 6.45) is 3.66. The minimum Gasteiger partial charge on any atom is -0.296 e. The lowest BCUT2D eigenvalue weighted by atomic mass is 10.3. The molecule has 2 heterocycles. The summed E-state index contributed by atoms with van der Waals surface area (Å²) in [7, 11) is 1.74. The van der Waals surface area contributed by atoms with Crippen LogP contribution in [0.5, 0.6) is 0 Å². The largest absolute Gasteiger partial charge is 0.296 e. The summed E-state index contributed by atoms with van der Waals surface area (Å²) in [5.41, 5.74) is 0.727. The van der Waals surface area contributed by atoms with Gasteiger partial charge in [0.25, 0.3) is 5.56 Å². The lowest BCUT2D eigenvalue weighted by Crippen LogP contribution is -2.16. The Labute approximate surface area is 107 Å². The SMILES string of the molecule is CC.CSc1cc(=O)n(C)c2ncccc12.[2HH].[2H][2H].[2H][2H]. The number of hydrogen-bond acceptors (Lipinski definition) is 3. The average molecular weight is 247 g/mol. The van der Waals surface area contributed by atoms with Gasteiger partial charge in [-0.1, -0.05) is 13.8 Å². The third-order valence-corrected chi connectivity index (χ3v) is 2.95. The number of aryl methyl sites for hydroxylation is 1. The zero-order valence-corrected chi connectivity index (χ0v) is 10.8. The van der Waals surface area contributed by atoms with Crippen LogP contribution >= 0.6 is 11.8 Å². The summed E-state index contributed by atoms with van der Waals surface area (Å²) >= 11 is 1.57. The molecule has 2 aromatic rings. The van der Waals surface area contributed by atoms with Gasteiger partial charge in [0.15, 0.2) is 0 Å². The van der Waals surface area contributed by atoms with Gasteiger partial charge in [-0.25, -0.2) is 4.98 Å². The van der Waals surface area contributed by atoms with Crippen LogP contribution in [0.15, 0.2) is 34.1 Å². The Bertz CT molecular complexity index is 551. The monoisotopic (exact) mass is 247 g/mol. The molecule has 0 fully saturated rings. The van der Waals surface area contributed by atoms with Crippen molar-refractivity contribution in [2.75, 3.05) is 6.26 Å². The molecular formula is C12H22N2OS. The fourth-order valence-corrected chi connectivity index (χ4v) is 2.01. The predicted octanol–water partition coefficient (Wildman–Crippen LogP) is 3.42. The molecule has 0 aliphatic heterocycles. The predicted molar refractivity (Wildman–Crippen MR) is 76.5 cm³/mol. The van der Waals surface area contributed by atoms with Crippen molar-refractivity contribution in [2.45, 2.75) is 18.7 Å². The number of thioether (sulfide) groups is 1. The van der Waals surface area contributed by atoms with E-state index in [0.717, 1.165) is 15.9 Å². The molecule has 0 aliphatic rings. The summed E-state index contributed by atoms with van der Waals surface area (Å²) in [5.74, 6) is 0. The minimum atomic E-state index is -0.0134. The Morgan fingerprint density at radius 2 is 2.19 bits per heavy atom. The molecule has 3 nitrogen and oxygen atoms in total. The van der Waals surface area contributed by atoms with Crippen molar-refractivity contribution in [3.05, 3.63) is 34.7 Å². The second kappa shape index (κ2) is 5.70. The molecule has 0 atom stereocenters. The molecule has 0 radical (unpaired) electrons. The molecule has 0 aliphatic carbocycles. The summed E-state index contributed by atoms with van der Waals surface area (Å²) in [6.45, 7) is 4.00. The summed E-state index contributed by atoms with van der Waals surface area (Å²) in [5, 5.41) is 1.03. The molecule has 0 saturated heterocycles. The standard InChI is InChI=1S/C10H10N2OS.C2H6.3H2/c1-12-9(13)6-8(14-2)7-4-3-5-11-10(7)12;1-2;;;/h3-6H,1-2H3;1-2H3;3*1H/i;;2*1+1D;1+1. The van der Waals surface area contributed by atoms with Crippen LogP contribution < -0.4 is 5.56 Å². The molecule has 0 bridgehead atoms. The van der Waals surface area contributed by atoms with E-state index >= 15 is 0 Å². The first-order chi connectivity index (χ1) is 9.74. The highest BCUT2D eigenvalue weighted by molar-refractivity contribution is 7.98. The van der Waals surface area contributed by atoms with Crippen molar-refractivity contribution in [2.24, 2.45) is 7.05 Å². The van der Waals surface area contributed by atoms with Gasteiger partial charge in [-0.15, -0.1) is 11.8 Å². The van der Waals surface area contributed by atoms with Gasteiger partial charge >= 0.3 is 0 Å². The average Bonchev–Trinajstić information content (AvgIpc) is 2.56. The van der Waals surface area contributed by atoms with Crippen molar-refractivity contribution >= 4 is 22.8 Å². The first-order valence-electron chi connectivity index (χ1n) is 7.23. The second-order valence-electron chi connectivity index (χ2n) is 2.98. The normalized spacial score (nSPS) is 10.8. The van der Waals surface area contributed by atoms with E-state index in [1.54, 1.807) is 35.6 Å². The Balaban J connectivity index is -0.000000414. The Morgan fingerprint density at radius 3 is 2.81 bits per heavy atom. The van der Waals surface area contributed by atoms with Crippen LogP contribution in [-0.4, -0.2) is 15.8 Å². The zero-order valence-electron chi connectivity index (χ0n) is 14.0. The molecule has 2 aromatic heterocycles. The van der Waals surface area contributed by atoms with Crippen molar-refractivity contribution in [1.82, 2.24) is 9.55 Å². The van der Waals surface area contributed by atoms with Gasteiger partial charge in [0.05, 0.1) is 0 Å². The minimum absolute atomic E-state index is 0. The number of hydrogen-bond donors (Lipinski definition) is 0. The Morgan fingerprint density at radius 1 is 1.50 bits per heavy atom. The van der Waals surface area contributed by atoms with E-state index in [-0.39, 0.29) is 6.99 Å². The highest BCUT2D eigenvalue weighted by atomic mass is 32.2. The third-order valence-electron chi connectivity index (χ3n) is 2.17. The smallest absolute Gasteiger partial charge is 0.253 e. The fourth-order valence-electron chi connectivity index (χ4n) is 1.42. The maximum atomic E-state index is 11.5. The topological polar surface area (TPSA) is 34.9 Å². The van der Waals surface area contributed by atoms with Gasteiger partial charge in [-0.05, 0) is 18.4 Å². The summed E-state index contributed by atoms with van der Waals surface area (Å²) in [6, 6.07) is 5.51. The van der Waals surface area contributed by atoms with E-state index in [4.69, 9.17) is 5.94 Å². The molecule has 2 rings (SSSR count). The number of pyridine rings is 2. The quantitative estimate of drug-likeness (QED) is 0.724. The van der Waals surface area contributed by atoms with Crippen LogP contribution in [0.1, 0.15) is 21.2 Å². The van der Waals surface area contributed by atoms with E-state index in [2.05, 4.69) is 4.98 Å². The van der Waals surface area contributed by atoms with E-state index in [1.807, 2.05) is 32.2 Å². The second-order valence-corrected chi connectivity index (χ2v) is 3.83. The van der Waals surface area contributed by atoms with Gasteiger partial charge < -0.3 is 0 Å². The van der Waals surface area contributed by atoms with Crippen LogP contribution in [0.2, 0.25) is 0 Å². The third kappa shape index (κ3) is 2.27. The molecule has 92 valence electrons. The zero-order chi connectivity index (χ0) is 16.1. The van der Waals surface area contributed by atoms with Crippen LogP contribution in [0, 0.1) is 0 Å². The van der Waals surface area contributed by atoms with E-state index in [1.165, 1.54) is 0 Å². The van der Waals surface area contributed by atoms with Gasteiger partial charge in [-0.3, -0.25) is 9.36 Å². The van der Waals surface area contributed by atoms with E-state index < -0.39 is 0 Å². The molecular weight excluding hydrogens is 220 g/mol. The molecule has 0 N–H and O–H groups in total. The maximum absolute atomic E-state index is 11.5. The molecule has 4 heteroatoms. The van der Waals surface area contributed by atoms with Crippen LogP contribution in [-0.2, 0) is 7.05 Å². The van der Waals surface area contributed by atoms with Gasteiger partial charge in [0, 0.05) is 37.0 Å². The van der Waals surface area contributed by atoms with Crippen molar-refractivity contribution < 1.29 is 7.37 Å². The molecule has 0 aromatic carbocycles.